The van der Waals surface area contributed by atoms with Gasteiger partial charge in [0.05, 0.1) is 22.7 Å². The first-order valence-electron chi connectivity index (χ1n) is 11.1. The van der Waals surface area contributed by atoms with Crippen molar-refractivity contribution in [2.24, 2.45) is 0 Å². The minimum atomic E-state index is -0.494. The number of thiazole rings is 1. The molecule has 1 atom stereocenters. The minimum absolute atomic E-state index is 0.0924. The number of ether oxygens (including phenoxy) is 2. The van der Waals surface area contributed by atoms with Crippen LogP contribution in [-0.2, 0) is 4.79 Å². The van der Waals surface area contributed by atoms with Gasteiger partial charge in [-0.15, -0.1) is 0 Å². The molecule has 0 aliphatic carbocycles. The number of amides is 1. The molecule has 2 aliphatic heterocycles. The van der Waals surface area contributed by atoms with Crippen molar-refractivity contribution >= 4 is 27.5 Å². The maximum absolute atomic E-state index is 12.0. The maximum atomic E-state index is 12.0. The molecule has 0 radical (unpaired) electrons. The second-order valence-electron chi connectivity index (χ2n) is 8.35. The molecule has 2 aliphatic rings. The van der Waals surface area contributed by atoms with Gasteiger partial charge in [0.1, 0.15) is 18.1 Å². The molecular weight excluding hydrogens is 426 g/mol. The lowest BCUT2D eigenvalue weighted by molar-refractivity contribution is -0.130. The normalized spacial score (nSPS) is 20.2. The van der Waals surface area contributed by atoms with Crippen molar-refractivity contribution in [3.05, 3.63) is 48.5 Å². The van der Waals surface area contributed by atoms with Gasteiger partial charge in [-0.1, -0.05) is 23.5 Å². The summed E-state index contributed by atoms with van der Waals surface area (Å²) in [4.78, 5) is 20.7. The summed E-state index contributed by atoms with van der Waals surface area (Å²) in [5, 5.41) is 10.3. The number of fused-ring (bicyclic) bond motifs is 1. The summed E-state index contributed by atoms with van der Waals surface area (Å²) < 4.78 is 12.9. The fraction of sp³-hybridized carbons (Fsp3) is 0.417. The van der Waals surface area contributed by atoms with Crippen LogP contribution in [0.1, 0.15) is 19.3 Å². The van der Waals surface area contributed by atoms with Gasteiger partial charge in [-0.25, -0.2) is 4.98 Å². The van der Waals surface area contributed by atoms with E-state index in [-0.39, 0.29) is 18.4 Å². The van der Waals surface area contributed by atoms with Gasteiger partial charge in [-0.2, -0.15) is 0 Å². The van der Waals surface area contributed by atoms with E-state index in [4.69, 9.17) is 9.47 Å². The number of para-hydroxylation sites is 1. The van der Waals surface area contributed by atoms with Crippen LogP contribution in [0.3, 0.4) is 0 Å². The molecule has 0 unspecified atom stereocenters. The number of carbonyl (C=O) groups excluding carboxylic acids is 1. The predicted molar refractivity (Wildman–Crippen MR) is 123 cm³/mol. The summed E-state index contributed by atoms with van der Waals surface area (Å²) in [5.74, 6) is 1.64. The molecule has 1 amide bonds. The van der Waals surface area contributed by atoms with Crippen LogP contribution >= 0.6 is 11.3 Å². The summed E-state index contributed by atoms with van der Waals surface area (Å²) >= 11 is 1.53. The van der Waals surface area contributed by atoms with Gasteiger partial charge in [0, 0.05) is 32.2 Å². The first kappa shape index (κ1) is 21.2. The second-order valence-corrected chi connectivity index (χ2v) is 9.34. The van der Waals surface area contributed by atoms with Gasteiger partial charge in [-0.05, 0) is 49.2 Å². The lowest BCUT2D eigenvalue weighted by Gasteiger charge is -2.36. The van der Waals surface area contributed by atoms with E-state index >= 15 is 0 Å². The lowest BCUT2D eigenvalue weighted by Crippen LogP contribution is -2.46. The number of carbonyl (C=O) groups is 1. The third-order valence-corrected chi connectivity index (χ3v) is 7.03. The molecule has 8 heteroatoms. The zero-order chi connectivity index (χ0) is 21.9. The van der Waals surface area contributed by atoms with Crippen LogP contribution in [0.2, 0.25) is 0 Å². The van der Waals surface area contributed by atoms with Crippen LogP contribution in [0.15, 0.2) is 48.5 Å². The summed E-state index contributed by atoms with van der Waals surface area (Å²) in [5.41, 5.74) is 0.945. The van der Waals surface area contributed by atoms with E-state index in [0.29, 0.717) is 18.3 Å². The molecule has 1 N–H and O–H groups in total. The topological polar surface area (TPSA) is 75.1 Å². The van der Waals surface area contributed by atoms with E-state index in [9.17, 15) is 9.90 Å². The van der Waals surface area contributed by atoms with Crippen LogP contribution in [0, 0.1) is 0 Å². The van der Waals surface area contributed by atoms with Crippen molar-refractivity contribution in [3.63, 3.8) is 0 Å². The summed E-state index contributed by atoms with van der Waals surface area (Å²) in [6.45, 7) is 3.86. The minimum Gasteiger partial charge on any atom is -0.492 e. The molecule has 2 fully saturated rings. The highest BCUT2D eigenvalue weighted by Gasteiger charge is 2.34. The van der Waals surface area contributed by atoms with Crippen LogP contribution in [-0.4, -0.2) is 70.7 Å². The second kappa shape index (κ2) is 9.44. The maximum Gasteiger partial charge on any atom is 0.279 e. The number of hydrogen-bond acceptors (Lipinski definition) is 7. The molecule has 32 heavy (non-hydrogen) atoms. The van der Waals surface area contributed by atoms with Crippen molar-refractivity contribution < 1.29 is 19.4 Å². The molecule has 0 bridgehead atoms. The van der Waals surface area contributed by atoms with Crippen molar-refractivity contribution in [1.82, 2.24) is 14.8 Å². The Morgan fingerprint density at radius 2 is 1.81 bits per heavy atom. The molecule has 0 spiro atoms. The number of aromatic nitrogens is 1. The highest BCUT2D eigenvalue weighted by molar-refractivity contribution is 7.20. The SMILES string of the molecule is O=C1C[C@@H](O)CN1C1CCN(CCOc2ccc(Oc3nc4ccccc4s3)cc2)CC1. The number of β-amino-alcohol motifs (C(OH)–C–C–N with tert-alkyl or cyclic N) is 1. The van der Waals surface area contributed by atoms with Crippen LogP contribution in [0.25, 0.3) is 10.2 Å². The largest absolute Gasteiger partial charge is 0.492 e. The van der Waals surface area contributed by atoms with Crippen LogP contribution < -0.4 is 9.47 Å². The first-order chi connectivity index (χ1) is 15.6. The van der Waals surface area contributed by atoms with E-state index in [2.05, 4.69) is 9.88 Å². The number of nitrogens with zero attached hydrogens (tertiary/aromatic N) is 3. The average Bonchev–Trinajstić information content (AvgIpc) is 3.37. The number of aliphatic hydroxyl groups excluding tert-OH is 1. The number of piperidine rings is 1. The number of benzene rings is 2. The van der Waals surface area contributed by atoms with Crippen molar-refractivity contribution in [2.75, 3.05) is 32.8 Å². The van der Waals surface area contributed by atoms with Gasteiger partial charge in [0.15, 0.2) is 0 Å². The molecule has 1 aromatic heterocycles. The fourth-order valence-electron chi connectivity index (χ4n) is 4.41. The van der Waals surface area contributed by atoms with Gasteiger partial charge in [0.2, 0.25) is 5.91 Å². The zero-order valence-electron chi connectivity index (χ0n) is 17.9. The molecule has 3 heterocycles. The Hall–Kier alpha value is -2.68. The standard InChI is InChI=1S/C24H27N3O4S/c28-18-15-23(29)27(16-18)17-9-11-26(12-10-17)13-14-30-19-5-7-20(8-6-19)31-24-25-21-3-1-2-4-22(21)32-24/h1-8,17-18,28H,9-16H2/t18-/m1/s1. The molecule has 5 rings (SSSR count). The number of aliphatic hydroxyl groups is 1. The van der Waals surface area contributed by atoms with E-state index in [1.807, 2.05) is 53.4 Å². The van der Waals surface area contributed by atoms with E-state index in [1.165, 1.54) is 11.3 Å². The molecule has 7 nitrogen and oxygen atoms in total. The summed E-state index contributed by atoms with van der Waals surface area (Å²) in [6, 6.07) is 15.9. The van der Waals surface area contributed by atoms with Crippen molar-refractivity contribution in [3.8, 4) is 16.7 Å². The van der Waals surface area contributed by atoms with E-state index < -0.39 is 6.10 Å². The van der Waals surface area contributed by atoms with E-state index in [0.717, 1.165) is 54.2 Å². The number of likely N-dealkylation sites (tertiary alicyclic amines) is 2. The molecule has 168 valence electrons. The van der Waals surface area contributed by atoms with Crippen LogP contribution in [0.4, 0.5) is 0 Å². The fourth-order valence-corrected chi connectivity index (χ4v) is 5.25. The highest BCUT2D eigenvalue weighted by Crippen LogP contribution is 2.31. The van der Waals surface area contributed by atoms with Gasteiger partial charge in [0.25, 0.3) is 5.19 Å². The summed E-state index contributed by atoms with van der Waals surface area (Å²) in [7, 11) is 0. The van der Waals surface area contributed by atoms with Gasteiger partial charge < -0.3 is 19.5 Å². The molecule has 2 saturated heterocycles. The quantitative estimate of drug-likeness (QED) is 0.590. The van der Waals surface area contributed by atoms with Crippen molar-refractivity contribution in [1.29, 1.82) is 0 Å². The average molecular weight is 454 g/mol. The Kier molecular flexibility index (Phi) is 6.25. The lowest BCUT2D eigenvalue weighted by atomic mass is 10.0. The Morgan fingerprint density at radius 1 is 1.06 bits per heavy atom. The van der Waals surface area contributed by atoms with Gasteiger partial charge >= 0.3 is 0 Å². The Bertz CT molecular complexity index is 1030. The third-order valence-electron chi connectivity index (χ3n) is 6.12. The Morgan fingerprint density at radius 3 is 2.53 bits per heavy atom. The Labute approximate surface area is 191 Å². The Balaban J connectivity index is 1.05. The summed E-state index contributed by atoms with van der Waals surface area (Å²) in [6.07, 6.45) is 1.69. The zero-order valence-corrected chi connectivity index (χ0v) is 18.7. The highest BCUT2D eigenvalue weighted by atomic mass is 32.1. The van der Waals surface area contributed by atoms with Gasteiger partial charge in [-0.3, -0.25) is 9.69 Å². The smallest absolute Gasteiger partial charge is 0.279 e. The molecule has 2 aromatic carbocycles. The van der Waals surface area contributed by atoms with Crippen LogP contribution in [0.5, 0.6) is 16.7 Å². The third kappa shape index (κ3) is 4.87. The molecular formula is C24H27N3O4S. The number of hydrogen-bond donors (Lipinski definition) is 1. The molecule has 3 aromatic rings. The number of rotatable bonds is 7. The van der Waals surface area contributed by atoms with E-state index in [1.54, 1.807) is 0 Å². The monoisotopic (exact) mass is 453 g/mol. The molecule has 0 saturated carbocycles. The predicted octanol–water partition coefficient (Wildman–Crippen LogP) is 3.53. The first-order valence-corrected chi connectivity index (χ1v) is 11.9. The van der Waals surface area contributed by atoms with Crippen molar-refractivity contribution in [2.45, 2.75) is 31.4 Å².